The summed E-state index contributed by atoms with van der Waals surface area (Å²) in [7, 11) is 0. The van der Waals surface area contributed by atoms with Crippen LogP contribution in [0.15, 0.2) is 54.6 Å². The maximum Gasteiger partial charge on any atom is 0.356 e. The first-order valence-corrected chi connectivity index (χ1v) is 8.91. The second kappa shape index (κ2) is 6.85. The lowest BCUT2D eigenvalue weighted by atomic mass is 10.1. The predicted molar refractivity (Wildman–Crippen MR) is 106 cm³/mol. The van der Waals surface area contributed by atoms with Crippen molar-refractivity contribution < 1.29 is 9.90 Å². The van der Waals surface area contributed by atoms with Crippen LogP contribution >= 0.6 is 34.8 Å². The van der Waals surface area contributed by atoms with E-state index in [0.717, 1.165) is 5.56 Å². The highest BCUT2D eigenvalue weighted by molar-refractivity contribution is 6.36. The van der Waals surface area contributed by atoms with Crippen LogP contribution in [0.4, 0.5) is 0 Å². The Hall–Kier alpha value is -2.60. The van der Waals surface area contributed by atoms with E-state index in [9.17, 15) is 9.90 Å². The van der Waals surface area contributed by atoms with Crippen LogP contribution in [-0.4, -0.2) is 25.7 Å². The molecule has 0 unspecified atom stereocenters. The minimum Gasteiger partial charge on any atom is -0.476 e. The van der Waals surface area contributed by atoms with Gasteiger partial charge in [0.2, 0.25) is 0 Å². The van der Waals surface area contributed by atoms with Crippen LogP contribution in [0.5, 0.6) is 0 Å². The van der Waals surface area contributed by atoms with Gasteiger partial charge in [0, 0.05) is 27.2 Å². The zero-order chi connectivity index (χ0) is 19.1. The molecule has 4 aromatic rings. The SMILES string of the molecule is O=C(O)c1cc2nc(-c3ccc(Cl)cc3Cl)cc(-c3ccc(Cl)cc3)n2n1. The van der Waals surface area contributed by atoms with Crippen molar-refractivity contribution in [3.63, 3.8) is 0 Å². The van der Waals surface area contributed by atoms with Crippen molar-refractivity contribution in [1.29, 1.82) is 0 Å². The maximum atomic E-state index is 11.4. The first-order chi connectivity index (χ1) is 12.9. The Morgan fingerprint density at radius 1 is 0.926 bits per heavy atom. The van der Waals surface area contributed by atoms with E-state index in [1.807, 2.05) is 12.1 Å². The fraction of sp³-hybridized carbons (Fsp3) is 0. The van der Waals surface area contributed by atoms with Crippen LogP contribution in [0.1, 0.15) is 10.5 Å². The number of aromatic nitrogens is 3. The molecule has 2 heterocycles. The molecule has 0 aliphatic heterocycles. The van der Waals surface area contributed by atoms with Crippen molar-refractivity contribution in [2.75, 3.05) is 0 Å². The summed E-state index contributed by atoms with van der Waals surface area (Å²) in [6.07, 6.45) is 0. The van der Waals surface area contributed by atoms with E-state index in [1.54, 1.807) is 36.4 Å². The number of carboxylic acid groups (broad SMARTS) is 1. The first kappa shape index (κ1) is 17.8. The van der Waals surface area contributed by atoms with Crippen LogP contribution in [0, 0.1) is 0 Å². The zero-order valence-electron chi connectivity index (χ0n) is 13.5. The van der Waals surface area contributed by atoms with Crippen LogP contribution in [-0.2, 0) is 0 Å². The lowest BCUT2D eigenvalue weighted by molar-refractivity contribution is 0.0690. The van der Waals surface area contributed by atoms with Gasteiger partial charge < -0.3 is 5.11 Å². The fourth-order valence-electron chi connectivity index (χ4n) is 2.74. The molecule has 0 fully saturated rings. The molecular formula is C19H10Cl3N3O2. The Morgan fingerprint density at radius 2 is 1.63 bits per heavy atom. The van der Waals surface area contributed by atoms with Gasteiger partial charge in [0.05, 0.1) is 16.4 Å². The highest BCUT2D eigenvalue weighted by atomic mass is 35.5. The van der Waals surface area contributed by atoms with Crippen molar-refractivity contribution in [1.82, 2.24) is 14.6 Å². The van der Waals surface area contributed by atoms with Gasteiger partial charge in [0.25, 0.3) is 0 Å². The van der Waals surface area contributed by atoms with Crippen molar-refractivity contribution in [3.8, 4) is 22.5 Å². The van der Waals surface area contributed by atoms with Crippen LogP contribution in [0.3, 0.4) is 0 Å². The Labute approximate surface area is 168 Å². The quantitative estimate of drug-likeness (QED) is 0.462. The minimum atomic E-state index is -1.13. The van der Waals surface area contributed by atoms with Gasteiger partial charge in [-0.3, -0.25) is 0 Å². The Balaban J connectivity index is 2.01. The molecule has 134 valence electrons. The summed E-state index contributed by atoms with van der Waals surface area (Å²) in [5.74, 6) is -1.13. The summed E-state index contributed by atoms with van der Waals surface area (Å²) in [5.41, 5.74) is 3.00. The normalized spacial score (nSPS) is 11.1. The predicted octanol–water partition coefficient (Wildman–Crippen LogP) is 5.72. The average molecular weight is 419 g/mol. The van der Waals surface area contributed by atoms with Crippen molar-refractivity contribution in [3.05, 3.63) is 75.4 Å². The van der Waals surface area contributed by atoms with E-state index in [1.165, 1.54) is 10.6 Å². The van der Waals surface area contributed by atoms with Crippen LogP contribution in [0.2, 0.25) is 15.1 Å². The molecule has 27 heavy (non-hydrogen) atoms. The van der Waals surface area contributed by atoms with E-state index >= 15 is 0 Å². The smallest absolute Gasteiger partial charge is 0.356 e. The topological polar surface area (TPSA) is 67.5 Å². The summed E-state index contributed by atoms with van der Waals surface area (Å²) < 4.78 is 1.49. The number of carboxylic acids is 1. The number of carbonyl (C=O) groups is 1. The van der Waals surface area contributed by atoms with E-state index in [-0.39, 0.29) is 5.69 Å². The number of hydrogen-bond acceptors (Lipinski definition) is 3. The van der Waals surface area contributed by atoms with E-state index in [4.69, 9.17) is 34.8 Å². The highest BCUT2D eigenvalue weighted by Gasteiger charge is 2.16. The molecule has 0 spiro atoms. The number of fused-ring (bicyclic) bond motifs is 1. The van der Waals surface area contributed by atoms with E-state index < -0.39 is 5.97 Å². The van der Waals surface area contributed by atoms with Gasteiger partial charge in [-0.2, -0.15) is 5.10 Å². The molecule has 0 saturated carbocycles. The van der Waals surface area contributed by atoms with Gasteiger partial charge in [-0.15, -0.1) is 0 Å². The average Bonchev–Trinajstić information content (AvgIpc) is 3.06. The van der Waals surface area contributed by atoms with E-state index in [2.05, 4.69) is 10.1 Å². The number of benzene rings is 2. The first-order valence-electron chi connectivity index (χ1n) is 7.78. The number of halogens is 3. The number of nitrogens with zero attached hydrogens (tertiary/aromatic N) is 3. The standard InChI is InChI=1S/C19H10Cl3N3O2/c20-11-3-1-10(2-4-11)17-8-15(13-6-5-12(21)7-14(13)22)23-18-9-16(19(26)27)24-25(17)18/h1-9H,(H,26,27). The van der Waals surface area contributed by atoms with Gasteiger partial charge in [-0.05, 0) is 36.4 Å². The summed E-state index contributed by atoms with van der Waals surface area (Å²) >= 11 is 18.3. The van der Waals surface area contributed by atoms with Gasteiger partial charge >= 0.3 is 5.97 Å². The van der Waals surface area contributed by atoms with Crippen LogP contribution < -0.4 is 0 Å². The molecule has 0 radical (unpaired) electrons. The summed E-state index contributed by atoms with van der Waals surface area (Å²) in [5, 5.41) is 15.0. The molecule has 0 saturated heterocycles. The molecular weight excluding hydrogens is 409 g/mol. The molecule has 1 N–H and O–H groups in total. The molecule has 0 amide bonds. The molecule has 4 rings (SSSR count). The van der Waals surface area contributed by atoms with E-state index in [0.29, 0.717) is 37.7 Å². The maximum absolute atomic E-state index is 11.4. The molecule has 2 aromatic carbocycles. The molecule has 0 aliphatic rings. The van der Waals surface area contributed by atoms with Gasteiger partial charge in [0.15, 0.2) is 11.3 Å². The highest BCUT2D eigenvalue weighted by Crippen LogP contribution is 2.32. The van der Waals surface area contributed by atoms with Gasteiger partial charge in [-0.1, -0.05) is 46.9 Å². The molecule has 8 heteroatoms. The molecule has 5 nitrogen and oxygen atoms in total. The van der Waals surface area contributed by atoms with Gasteiger partial charge in [-0.25, -0.2) is 14.3 Å². The third kappa shape index (κ3) is 3.37. The van der Waals surface area contributed by atoms with Crippen LogP contribution in [0.25, 0.3) is 28.2 Å². The molecule has 0 aliphatic carbocycles. The Kier molecular flexibility index (Phi) is 4.52. The second-order valence-corrected chi connectivity index (χ2v) is 7.04. The number of hydrogen-bond donors (Lipinski definition) is 1. The number of aromatic carboxylic acids is 1. The summed E-state index contributed by atoms with van der Waals surface area (Å²) in [6.45, 7) is 0. The Bertz CT molecular complexity index is 1190. The number of rotatable bonds is 3. The molecule has 2 aromatic heterocycles. The third-order valence-corrected chi connectivity index (χ3v) is 4.79. The molecule has 0 bridgehead atoms. The molecule has 0 atom stereocenters. The lowest BCUT2D eigenvalue weighted by Crippen LogP contribution is -2.01. The lowest BCUT2D eigenvalue weighted by Gasteiger charge is -2.10. The van der Waals surface area contributed by atoms with Crippen molar-refractivity contribution >= 4 is 46.4 Å². The minimum absolute atomic E-state index is 0.0999. The summed E-state index contributed by atoms with van der Waals surface area (Å²) in [6, 6.07) is 15.5. The van der Waals surface area contributed by atoms with Crippen molar-refractivity contribution in [2.24, 2.45) is 0 Å². The summed E-state index contributed by atoms with van der Waals surface area (Å²) in [4.78, 5) is 15.9. The zero-order valence-corrected chi connectivity index (χ0v) is 15.8. The monoisotopic (exact) mass is 417 g/mol. The Morgan fingerprint density at radius 3 is 2.30 bits per heavy atom. The second-order valence-electron chi connectivity index (χ2n) is 5.76. The third-order valence-electron chi connectivity index (χ3n) is 3.99. The van der Waals surface area contributed by atoms with Crippen molar-refractivity contribution in [2.45, 2.75) is 0 Å². The fourth-order valence-corrected chi connectivity index (χ4v) is 3.37. The largest absolute Gasteiger partial charge is 0.476 e. The van der Waals surface area contributed by atoms with Gasteiger partial charge in [0.1, 0.15) is 0 Å².